The summed E-state index contributed by atoms with van der Waals surface area (Å²) in [5.41, 5.74) is -0.309. The molecule has 0 unspecified atom stereocenters. The first-order chi connectivity index (χ1) is 10.3. The molecule has 1 heteroatoms. The van der Waals surface area contributed by atoms with Crippen molar-refractivity contribution >= 4 is 0 Å². The van der Waals surface area contributed by atoms with Crippen molar-refractivity contribution in [3.63, 3.8) is 0 Å². The number of hydrogen-bond donors (Lipinski definition) is 1. The van der Waals surface area contributed by atoms with E-state index in [0.717, 1.165) is 12.8 Å². The standard InChI is InChI=1S/C20H38O/c21-20(19-15-11-12-16-19)17-13-9-7-5-3-1-2-4-6-8-10-14-18-20/h19,21H,1-18H2. The lowest BCUT2D eigenvalue weighted by Gasteiger charge is -2.34. The van der Waals surface area contributed by atoms with Crippen LogP contribution >= 0.6 is 0 Å². The lowest BCUT2D eigenvalue weighted by Crippen LogP contribution is -2.36. The average molecular weight is 295 g/mol. The van der Waals surface area contributed by atoms with Gasteiger partial charge in [-0.2, -0.15) is 0 Å². The number of hydrogen-bond acceptors (Lipinski definition) is 1. The molecule has 0 radical (unpaired) electrons. The van der Waals surface area contributed by atoms with Crippen LogP contribution in [0.2, 0.25) is 0 Å². The third-order valence-electron chi connectivity index (χ3n) is 6.08. The summed E-state index contributed by atoms with van der Waals surface area (Å²) in [4.78, 5) is 0. The van der Waals surface area contributed by atoms with E-state index in [1.54, 1.807) is 0 Å². The van der Waals surface area contributed by atoms with Gasteiger partial charge in [0.1, 0.15) is 0 Å². The minimum absolute atomic E-state index is 0.309. The summed E-state index contributed by atoms with van der Waals surface area (Å²) in [5.74, 6) is 0.619. The maximum atomic E-state index is 11.2. The van der Waals surface area contributed by atoms with Gasteiger partial charge in [-0.05, 0) is 31.6 Å². The molecule has 124 valence electrons. The van der Waals surface area contributed by atoms with Crippen LogP contribution in [0.5, 0.6) is 0 Å². The van der Waals surface area contributed by atoms with E-state index in [0.29, 0.717) is 5.92 Å². The zero-order valence-electron chi connectivity index (χ0n) is 14.3. The van der Waals surface area contributed by atoms with Crippen LogP contribution < -0.4 is 0 Å². The Bertz CT molecular complexity index is 239. The minimum atomic E-state index is -0.309. The second-order valence-corrected chi connectivity index (χ2v) is 7.83. The molecule has 0 aromatic carbocycles. The first-order valence-electron chi connectivity index (χ1n) is 10.0. The molecule has 0 atom stereocenters. The summed E-state index contributed by atoms with van der Waals surface area (Å²) in [5, 5.41) is 11.2. The summed E-state index contributed by atoms with van der Waals surface area (Å²) < 4.78 is 0. The lowest BCUT2D eigenvalue weighted by atomic mass is 9.78. The van der Waals surface area contributed by atoms with Crippen LogP contribution in [-0.4, -0.2) is 10.7 Å². The van der Waals surface area contributed by atoms with Crippen LogP contribution in [0.4, 0.5) is 0 Å². The normalized spacial score (nSPS) is 27.9. The maximum Gasteiger partial charge on any atom is 0.0675 e. The predicted molar refractivity (Wildman–Crippen MR) is 91.5 cm³/mol. The van der Waals surface area contributed by atoms with Crippen molar-refractivity contribution in [1.82, 2.24) is 0 Å². The van der Waals surface area contributed by atoms with Gasteiger partial charge in [-0.15, -0.1) is 0 Å². The minimum Gasteiger partial charge on any atom is -0.390 e. The highest BCUT2D eigenvalue weighted by atomic mass is 16.3. The Labute approximate surface area is 132 Å². The molecule has 0 saturated heterocycles. The predicted octanol–water partition coefficient (Wildman–Crippen LogP) is 6.38. The topological polar surface area (TPSA) is 20.2 Å². The molecule has 2 saturated carbocycles. The summed E-state index contributed by atoms with van der Waals surface area (Å²) in [6.07, 6.45) is 24.0. The molecule has 0 aliphatic heterocycles. The van der Waals surface area contributed by atoms with Crippen LogP contribution in [0, 0.1) is 5.92 Å². The molecule has 2 rings (SSSR count). The summed E-state index contributed by atoms with van der Waals surface area (Å²) in [6, 6.07) is 0. The Morgan fingerprint density at radius 1 is 0.476 bits per heavy atom. The van der Waals surface area contributed by atoms with Crippen molar-refractivity contribution in [1.29, 1.82) is 0 Å². The Balaban J connectivity index is 1.82. The highest BCUT2D eigenvalue weighted by molar-refractivity contribution is 4.89. The van der Waals surface area contributed by atoms with E-state index in [1.807, 2.05) is 0 Å². The van der Waals surface area contributed by atoms with Crippen LogP contribution in [0.15, 0.2) is 0 Å². The second kappa shape index (κ2) is 9.87. The highest BCUT2D eigenvalue weighted by Gasteiger charge is 2.36. The van der Waals surface area contributed by atoms with Crippen LogP contribution in [-0.2, 0) is 0 Å². The van der Waals surface area contributed by atoms with Gasteiger partial charge in [0, 0.05) is 0 Å². The van der Waals surface area contributed by atoms with Crippen LogP contribution in [0.1, 0.15) is 116 Å². The van der Waals surface area contributed by atoms with Crippen molar-refractivity contribution in [3.05, 3.63) is 0 Å². The zero-order valence-corrected chi connectivity index (χ0v) is 14.3. The monoisotopic (exact) mass is 294 g/mol. The fraction of sp³-hybridized carbons (Fsp3) is 1.00. The first kappa shape index (κ1) is 17.3. The van der Waals surface area contributed by atoms with Crippen LogP contribution in [0.25, 0.3) is 0 Å². The molecule has 1 nitrogen and oxygen atoms in total. The lowest BCUT2D eigenvalue weighted by molar-refractivity contribution is -0.0355. The Hall–Kier alpha value is -0.0400. The van der Waals surface area contributed by atoms with Gasteiger partial charge in [0.05, 0.1) is 5.60 Å². The Kier molecular flexibility index (Phi) is 8.14. The quantitative estimate of drug-likeness (QED) is 0.594. The molecule has 0 bridgehead atoms. The van der Waals surface area contributed by atoms with Crippen LogP contribution in [0.3, 0.4) is 0 Å². The van der Waals surface area contributed by atoms with E-state index in [2.05, 4.69) is 0 Å². The molecule has 0 amide bonds. The third-order valence-corrected chi connectivity index (χ3v) is 6.08. The van der Waals surface area contributed by atoms with Crippen molar-refractivity contribution in [3.8, 4) is 0 Å². The molecule has 1 N–H and O–H groups in total. The first-order valence-corrected chi connectivity index (χ1v) is 10.0. The van der Waals surface area contributed by atoms with E-state index >= 15 is 0 Å². The average Bonchev–Trinajstić information content (AvgIpc) is 3.01. The maximum absolute atomic E-state index is 11.2. The summed E-state index contributed by atoms with van der Waals surface area (Å²) in [7, 11) is 0. The number of aliphatic hydroxyl groups is 1. The number of rotatable bonds is 1. The van der Waals surface area contributed by atoms with Gasteiger partial charge in [0.15, 0.2) is 0 Å². The molecule has 2 aliphatic carbocycles. The molecule has 0 aromatic rings. The van der Waals surface area contributed by atoms with Gasteiger partial charge < -0.3 is 5.11 Å². The molecule has 0 spiro atoms. The fourth-order valence-corrected chi connectivity index (χ4v) is 4.63. The van der Waals surface area contributed by atoms with Crippen molar-refractivity contribution in [2.45, 2.75) is 121 Å². The van der Waals surface area contributed by atoms with Gasteiger partial charge in [-0.25, -0.2) is 0 Å². The van der Waals surface area contributed by atoms with E-state index in [4.69, 9.17) is 0 Å². The van der Waals surface area contributed by atoms with E-state index in [9.17, 15) is 5.11 Å². The highest BCUT2D eigenvalue weighted by Crippen LogP contribution is 2.40. The van der Waals surface area contributed by atoms with Gasteiger partial charge in [-0.3, -0.25) is 0 Å². The third kappa shape index (κ3) is 6.30. The molecule has 2 aliphatic rings. The molecule has 21 heavy (non-hydrogen) atoms. The Morgan fingerprint density at radius 3 is 1.19 bits per heavy atom. The smallest absolute Gasteiger partial charge is 0.0675 e. The van der Waals surface area contributed by atoms with E-state index in [-0.39, 0.29) is 5.60 Å². The Morgan fingerprint density at radius 2 is 0.810 bits per heavy atom. The second-order valence-electron chi connectivity index (χ2n) is 7.83. The van der Waals surface area contributed by atoms with Gasteiger partial charge in [0.2, 0.25) is 0 Å². The summed E-state index contributed by atoms with van der Waals surface area (Å²) >= 11 is 0. The van der Waals surface area contributed by atoms with Crippen molar-refractivity contribution in [2.24, 2.45) is 5.92 Å². The van der Waals surface area contributed by atoms with Crippen molar-refractivity contribution in [2.75, 3.05) is 0 Å². The largest absolute Gasteiger partial charge is 0.390 e. The molecular formula is C20H38O. The van der Waals surface area contributed by atoms with Gasteiger partial charge in [0.25, 0.3) is 0 Å². The fourth-order valence-electron chi connectivity index (χ4n) is 4.63. The zero-order chi connectivity index (χ0) is 14.8. The van der Waals surface area contributed by atoms with E-state index in [1.165, 1.54) is 103 Å². The molecule has 0 heterocycles. The van der Waals surface area contributed by atoms with E-state index < -0.39 is 0 Å². The molecular weight excluding hydrogens is 256 g/mol. The molecule has 0 aromatic heterocycles. The summed E-state index contributed by atoms with van der Waals surface area (Å²) in [6.45, 7) is 0. The van der Waals surface area contributed by atoms with Crippen molar-refractivity contribution < 1.29 is 5.11 Å². The molecule has 2 fully saturated rings. The van der Waals surface area contributed by atoms with Gasteiger partial charge in [-0.1, -0.05) is 89.9 Å². The van der Waals surface area contributed by atoms with Gasteiger partial charge >= 0.3 is 0 Å². The SMILES string of the molecule is OC1(C2CCCC2)CCCCCCCCCCCCCC1.